The fourth-order valence-corrected chi connectivity index (χ4v) is 4.11. The Hall–Kier alpha value is -3.15. The number of anilines is 1. The number of nitrogens with zero attached hydrogens (tertiary/aromatic N) is 4. The number of β-amino-alcohol motifs (C(OH)–C–C–N with tert-alkyl or cyclic N) is 1. The van der Waals surface area contributed by atoms with Gasteiger partial charge in [0.1, 0.15) is 11.8 Å². The van der Waals surface area contributed by atoms with E-state index in [1.807, 2.05) is 62.4 Å². The zero-order chi connectivity index (χ0) is 28.6. The second-order valence-corrected chi connectivity index (χ2v) is 9.77. The highest BCUT2D eigenvalue weighted by atomic mass is 35.5. The molecule has 0 aliphatic carbocycles. The molecular formula is C31H41ClN4O3. The highest BCUT2D eigenvalue weighted by Gasteiger charge is 2.22. The fraction of sp³-hybridized carbons (Fsp3) is 0.419. The number of aliphatic hydroxyl groups is 2. The molecule has 39 heavy (non-hydrogen) atoms. The summed E-state index contributed by atoms with van der Waals surface area (Å²) in [5.74, 6) is 1.16. The molecule has 0 amide bonds. The van der Waals surface area contributed by atoms with E-state index in [4.69, 9.17) is 16.3 Å². The Balaban J connectivity index is 0.000000507. The topological polar surface area (TPSA) is 92.8 Å². The van der Waals surface area contributed by atoms with Crippen LogP contribution in [0.2, 0.25) is 5.02 Å². The molecule has 2 aromatic carbocycles. The molecule has 1 unspecified atom stereocenters. The minimum Gasteiger partial charge on any atom is -0.493 e. The first-order valence-electron chi connectivity index (χ1n) is 13.5. The summed E-state index contributed by atoms with van der Waals surface area (Å²) in [7, 11) is 0. The molecule has 1 aliphatic rings. The number of piperazine rings is 1. The average Bonchev–Trinajstić information content (AvgIpc) is 2.98. The number of hydrogen-bond acceptors (Lipinski definition) is 7. The van der Waals surface area contributed by atoms with E-state index in [0.717, 1.165) is 48.2 Å². The van der Waals surface area contributed by atoms with Gasteiger partial charge in [-0.1, -0.05) is 57.5 Å². The van der Waals surface area contributed by atoms with Gasteiger partial charge in [-0.3, -0.25) is 9.88 Å². The van der Waals surface area contributed by atoms with Crippen molar-refractivity contribution in [3.05, 3.63) is 88.7 Å². The van der Waals surface area contributed by atoms with Crippen LogP contribution in [0, 0.1) is 17.2 Å². The first-order chi connectivity index (χ1) is 18.9. The molecule has 3 aromatic rings. The molecule has 0 bridgehead atoms. The quantitative estimate of drug-likeness (QED) is 0.370. The van der Waals surface area contributed by atoms with E-state index in [-0.39, 0.29) is 6.61 Å². The van der Waals surface area contributed by atoms with Gasteiger partial charge in [0.05, 0.1) is 36.3 Å². The molecule has 0 radical (unpaired) electrons. The van der Waals surface area contributed by atoms with Crippen molar-refractivity contribution in [3.63, 3.8) is 0 Å². The molecule has 210 valence electrons. The van der Waals surface area contributed by atoms with E-state index in [1.54, 1.807) is 18.3 Å². The summed E-state index contributed by atoms with van der Waals surface area (Å²) in [5, 5.41) is 30.2. The zero-order valence-electron chi connectivity index (χ0n) is 23.4. The Morgan fingerprint density at radius 3 is 2.28 bits per heavy atom. The van der Waals surface area contributed by atoms with Gasteiger partial charge >= 0.3 is 0 Å². The Kier molecular flexibility index (Phi) is 14.3. The summed E-state index contributed by atoms with van der Waals surface area (Å²) in [6.45, 7) is 12.4. The van der Waals surface area contributed by atoms with E-state index in [1.165, 1.54) is 0 Å². The molecule has 1 aromatic heterocycles. The predicted molar refractivity (Wildman–Crippen MR) is 158 cm³/mol. The van der Waals surface area contributed by atoms with Gasteiger partial charge in [-0.05, 0) is 53.9 Å². The number of halogens is 1. The minimum atomic E-state index is -0.628. The van der Waals surface area contributed by atoms with E-state index < -0.39 is 6.10 Å². The van der Waals surface area contributed by atoms with Gasteiger partial charge in [0.2, 0.25) is 0 Å². The van der Waals surface area contributed by atoms with Crippen LogP contribution in [0.5, 0.6) is 5.75 Å². The van der Waals surface area contributed by atoms with Crippen molar-refractivity contribution in [2.45, 2.75) is 40.4 Å². The van der Waals surface area contributed by atoms with Crippen molar-refractivity contribution in [2.24, 2.45) is 5.92 Å². The van der Waals surface area contributed by atoms with Crippen LogP contribution in [0.15, 0.2) is 66.9 Å². The standard InChI is InChI=1S/C23H30N4O3.C6H5Cl.C2H6/c1-17(2)16-30-21-3-4-22(19(12-21)13-24)27-9-7-26(8-10-27)14-23(29)18-5-6-25-20(11-18)15-28;7-6-4-2-1-3-5-6;1-2/h3-6,11-12,17,23,28-29H,7-10,14-16H2,1-2H3;1-5H;1-2H3. The van der Waals surface area contributed by atoms with Crippen molar-refractivity contribution >= 4 is 17.3 Å². The summed E-state index contributed by atoms with van der Waals surface area (Å²) in [6.07, 6.45) is 0.983. The van der Waals surface area contributed by atoms with E-state index >= 15 is 0 Å². The summed E-state index contributed by atoms with van der Waals surface area (Å²) < 4.78 is 5.75. The number of ether oxygens (including phenoxy) is 1. The lowest BCUT2D eigenvalue weighted by atomic mass is 10.1. The molecule has 1 aliphatic heterocycles. The number of nitriles is 1. The van der Waals surface area contributed by atoms with E-state index in [2.05, 4.69) is 34.7 Å². The van der Waals surface area contributed by atoms with Crippen LogP contribution in [0.1, 0.15) is 50.6 Å². The molecule has 2 N–H and O–H groups in total. The number of pyridine rings is 1. The van der Waals surface area contributed by atoms with Crippen molar-refractivity contribution < 1.29 is 14.9 Å². The van der Waals surface area contributed by atoms with Gasteiger partial charge in [-0.2, -0.15) is 5.26 Å². The second kappa shape index (κ2) is 17.4. The first-order valence-corrected chi connectivity index (χ1v) is 13.9. The van der Waals surface area contributed by atoms with Crippen molar-refractivity contribution in [1.29, 1.82) is 5.26 Å². The van der Waals surface area contributed by atoms with Gasteiger partial charge in [-0.25, -0.2) is 0 Å². The van der Waals surface area contributed by atoms with E-state index in [9.17, 15) is 15.5 Å². The number of benzene rings is 2. The summed E-state index contributed by atoms with van der Waals surface area (Å²) in [5.41, 5.74) is 2.87. The SMILES string of the molecule is CC.CC(C)COc1ccc(N2CCN(CC(O)c3ccnc(CO)c3)CC2)c(C#N)c1.Clc1ccccc1. The molecule has 2 heterocycles. The van der Waals surface area contributed by atoms with Crippen LogP contribution >= 0.6 is 11.6 Å². The van der Waals surface area contributed by atoms with Crippen LogP contribution in [-0.2, 0) is 6.61 Å². The maximum Gasteiger partial charge on any atom is 0.120 e. The zero-order valence-corrected chi connectivity index (χ0v) is 24.2. The lowest BCUT2D eigenvalue weighted by Gasteiger charge is -2.37. The number of aliphatic hydroxyl groups excluding tert-OH is 2. The molecule has 4 rings (SSSR count). The maximum atomic E-state index is 10.6. The van der Waals surface area contributed by atoms with Crippen LogP contribution in [0.4, 0.5) is 5.69 Å². The number of aromatic nitrogens is 1. The Morgan fingerprint density at radius 1 is 1.03 bits per heavy atom. The van der Waals surface area contributed by atoms with Crippen molar-refractivity contribution in [3.8, 4) is 11.8 Å². The molecular weight excluding hydrogens is 512 g/mol. The van der Waals surface area contributed by atoms with Crippen LogP contribution in [0.3, 0.4) is 0 Å². The number of hydrogen-bond donors (Lipinski definition) is 2. The Labute approximate surface area is 238 Å². The highest BCUT2D eigenvalue weighted by Crippen LogP contribution is 2.27. The van der Waals surface area contributed by atoms with Gasteiger partial charge in [0.15, 0.2) is 0 Å². The minimum absolute atomic E-state index is 0.137. The summed E-state index contributed by atoms with van der Waals surface area (Å²) >= 11 is 5.54. The Bertz CT molecular complexity index is 1150. The molecule has 0 saturated carbocycles. The van der Waals surface area contributed by atoms with Crippen molar-refractivity contribution in [2.75, 3.05) is 44.2 Å². The molecule has 7 nitrogen and oxygen atoms in total. The largest absolute Gasteiger partial charge is 0.493 e. The van der Waals surface area contributed by atoms with Crippen molar-refractivity contribution in [1.82, 2.24) is 9.88 Å². The summed E-state index contributed by atoms with van der Waals surface area (Å²) in [4.78, 5) is 8.48. The predicted octanol–water partition coefficient (Wildman–Crippen LogP) is 5.70. The van der Waals surface area contributed by atoms with Gasteiger partial charge in [0, 0.05) is 43.9 Å². The lowest BCUT2D eigenvalue weighted by Crippen LogP contribution is -2.47. The third kappa shape index (κ3) is 10.9. The monoisotopic (exact) mass is 552 g/mol. The molecule has 1 saturated heterocycles. The highest BCUT2D eigenvalue weighted by molar-refractivity contribution is 6.30. The molecule has 1 atom stereocenters. The average molecular weight is 553 g/mol. The Morgan fingerprint density at radius 2 is 1.72 bits per heavy atom. The second-order valence-electron chi connectivity index (χ2n) is 9.33. The third-order valence-electron chi connectivity index (χ3n) is 5.94. The van der Waals surface area contributed by atoms with Crippen LogP contribution in [0.25, 0.3) is 0 Å². The molecule has 0 spiro atoms. The van der Waals surface area contributed by atoms with Crippen LogP contribution in [-0.4, -0.2) is 59.4 Å². The molecule has 1 fully saturated rings. The van der Waals surface area contributed by atoms with Gasteiger partial charge < -0.3 is 19.8 Å². The molecule has 8 heteroatoms. The third-order valence-corrected chi connectivity index (χ3v) is 6.19. The fourth-order valence-electron chi connectivity index (χ4n) is 3.96. The number of rotatable bonds is 8. The van der Waals surface area contributed by atoms with Crippen LogP contribution < -0.4 is 9.64 Å². The van der Waals surface area contributed by atoms with E-state index in [0.29, 0.717) is 30.3 Å². The lowest BCUT2D eigenvalue weighted by molar-refractivity contribution is 0.109. The maximum absolute atomic E-state index is 10.6. The van der Waals surface area contributed by atoms with Gasteiger partial charge in [-0.15, -0.1) is 0 Å². The summed E-state index contributed by atoms with van der Waals surface area (Å²) in [6, 6.07) is 21.0. The smallest absolute Gasteiger partial charge is 0.120 e. The van der Waals surface area contributed by atoms with Gasteiger partial charge in [0.25, 0.3) is 0 Å². The first kappa shape index (κ1) is 32.1. The normalized spacial score (nSPS) is 13.9.